The van der Waals surface area contributed by atoms with E-state index in [9.17, 15) is 0 Å². The van der Waals surface area contributed by atoms with Crippen molar-refractivity contribution in [2.45, 2.75) is 18.8 Å². The summed E-state index contributed by atoms with van der Waals surface area (Å²) in [5.74, 6) is 1.69. The Morgan fingerprint density at radius 3 is 2.61 bits per heavy atom. The van der Waals surface area contributed by atoms with Crippen LogP contribution < -0.4 is 15.2 Å². The van der Waals surface area contributed by atoms with Crippen LogP contribution in [0.15, 0.2) is 42.1 Å². The first kappa shape index (κ1) is 12.6. The largest absolute Gasteiger partial charge is 0.497 e. The fraction of sp³-hybridized carbons (Fsp3) is 0.333. The Bertz CT molecular complexity index is 505. The Kier molecular flexibility index (Phi) is 3.32. The van der Waals surface area contributed by atoms with Crippen LogP contribution in [0, 0.1) is 0 Å². The molecule has 96 valence electrons. The minimum atomic E-state index is -0.154. The first-order chi connectivity index (χ1) is 8.59. The van der Waals surface area contributed by atoms with Crippen LogP contribution >= 0.6 is 0 Å². The summed E-state index contributed by atoms with van der Waals surface area (Å²) in [6.07, 6.45) is 6.87. The molecule has 3 nitrogen and oxygen atoms in total. The van der Waals surface area contributed by atoms with Crippen LogP contribution in [0.1, 0.15) is 18.9 Å². The third kappa shape index (κ3) is 2.21. The van der Waals surface area contributed by atoms with E-state index in [2.05, 4.69) is 13.0 Å². The van der Waals surface area contributed by atoms with Gasteiger partial charge in [-0.2, -0.15) is 0 Å². The molecule has 0 bridgehead atoms. The van der Waals surface area contributed by atoms with Crippen LogP contribution in [0.4, 0.5) is 0 Å². The topological polar surface area (TPSA) is 44.5 Å². The second-order valence-corrected chi connectivity index (χ2v) is 4.76. The van der Waals surface area contributed by atoms with E-state index >= 15 is 0 Å². The van der Waals surface area contributed by atoms with E-state index < -0.39 is 0 Å². The van der Waals surface area contributed by atoms with Gasteiger partial charge in [-0.3, -0.25) is 0 Å². The molecule has 0 aromatic heterocycles. The Labute approximate surface area is 108 Å². The lowest BCUT2D eigenvalue weighted by Gasteiger charge is -2.30. The summed E-state index contributed by atoms with van der Waals surface area (Å²) in [5.41, 5.74) is 7.77. The number of hydrogen-bond acceptors (Lipinski definition) is 3. The first-order valence-corrected chi connectivity index (χ1v) is 5.95. The third-order valence-electron chi connectivity index (χ3n) is 3.37. The normalized spacial score (nSPS) is 22.5. The standard InChI is InChI=1S/C15H19NO2/c1-15(8-4-5-11(16)10-15)13-9-12(17-2)6-7-14(13)18-3/h4-9H,10,16H2,1-3H3. The number of methoxy groups -OCH3 is 2. The van der Waals surface area contributed by atoms with Crippen LogP contribution in [0.25, 0.3) is 0 Å². The Balaban J connectivity index is 2.49. The quantitative estimate of drug-likeness (QED) is 0.890. The van der Waals surface area contributed by atoms with E-state index in [-0.39, 0.29) is 5.41 Å². The molecule has 2 rings (SSSR count). The third-order valence-corrected chi connectivity index (χ3v) is 3.37. The summed E-state index contributed by atoms with van der Waals surface area (Å²) in [6.45, 7) is 2.15. The Morgan fingerprint density at radius 2 is 2.00 bits per heavy atom. The van der Waals surface area contributed by atoms with Gasteiger partial charge >= 0.3 is 0 Å². The lowest BCUT2D eigenvalue weighted by atomic mass is 9.76. The zero-order chi connectivity index (χ0) is 13.2. The van der Waals surface area contributed by atoms with Gasteiger partial charge in [-0.1, -0.05) is 19.1 Å². The number of ether oxygens (including phenoxy) is 2. The molecular weight excluding hydrogens is 226 g/mol. The molecule has 0 radical (unpaired) electrons. The molecule has 0 fully saturated rings. The SMILES string of the molecule is COc1ccc(OC)c(C2(C)C=CC=C(N)C2)c1. The molecule has 18 heavy (non-hydrogen) atoms. The smallest absolute Gasteiger partial charge is 0.123 e. The maximum Gasteiger partial charge on any atom is 0.123 e. The second kappa shape index (κ2) is 4.77. The van der Waals surface area contributed by atoms with Crippen molar-refractivity contribution >= 4 is 0 Å². The predicted molar refractivity (Wildman–Crippen MR) is 72.9 cm³/mol. The zero-order valence-corrected chi connectivity index (χ0v) is 11.1. The minimum absolute atomic E-state index is 0.154. The fourth-order valence-electron chi connectivity index (χ4n) is 2.37. The molecule has 0 spiro atoms. The predicted octanol–water partition coefficient (Wildman–Crippen LogP) is 2.76. The van der Waals surface area contributed by atoms with Gasteiger partial charge in [-0.15, -0.1) is 0 Å². The highest BCUT2D eigenvalue weighted by molar-refractivity contribution is 5.49. The molecule has 0 saturated heterocycles. The zero-order valence-electron chi connectivity index (χ0n) is 11.1. The van der Waals surface area contributed by atoms with E-state index in [4.69, 9.17) is 15.2 Å². The molecule has 1 aliphatic carbocycles. The highest BCUT2D eigenvalue weighted by Crippen LogP contribution is 2.40. The van der Waals surface area contributed by atoms with Gasteiger partial charge in [-0.25, -0.2) is 0 Å². The lowest BCUT2D eigenvalue weighted by Crippen LogP contribution is -2.24. The highest BCUT2D eigenvalue weighted by atomic mass is 16.5. The summed E-state index contributed by atoms with van der Waals surface area (Å²) in [6, 6.07) is 5.85. The number of hydrogen-bond donors (Lipinski definition) is 1. The number of allylic oxidation sites excluding steroid dienone is 4. The van der Waals surface area contributed by atoms with Crippen LogP contribution in [0.3, 0.4) is 0 Å². The van der Waals surface area contributed by atoms with Gasteiger partial charge in [0.2, 0.25) is 0 Å². The van der Waals surface area contributed by atoms with E-state index in [0.717, 1.165) is 29.2 Å². The molecule has 0 saturated carbocycles. The van der Waals surface area contributed by atoms with Crippen molar-refractivity contribution in [3.05, 3.63) is 47.7 Å². The van der Waals surface area contributed by atoms with Gasteiger partial charge in [0.05, 0.1) is 14.2 Å². The lowest BCUT2D eigenvalue weighted by molar-refractivity contribution is 0.388. The van der Waals surface area contributed by atoms with Crippen molar-refractivity contribution < 1.29 is 9.47 Å². The van der Waals surface area contributed by atoms with E-state index in [1.54, 1.807) is 14.2 Å². The highest BCUT2D eigenvalue weighted by Gasteiger charge is 2.29. The van der Waals surface area contributed by atoms with Gasteiger partial charge < -0.3 is 15.2 Å². The molecule has 0 heterocycles. The number of nitrogens with two attached hydrogens (primary N) is 1. The molecule has 1 aromatic carbocycles. The molecule has 1 unspecified atom stereocenters. The van der Waals surface area contributed by atoms with E-state index in [0.29, 0.717) is 0 Å². The molecule has 2 N–H and O–H groups in total. The molecule has 1 atom stereocenters. The van der Waals surface area contributed by atoms with Crippen LogP contribution in [0.5, 0.6) is 11.5 Å². The monoisotopic (exact) mass is 245 g/mol. The summed E-state index contributed by atoms with van der Waals surface area (Å²) < 4.78 is 10.7. The molecular formula is C15H19NO2. The molecule has 3 heteroatoms. The van der Waals surface area contributed by atoms with Gasteiger partial charge in [0.25, 0.3) is 0 Å². The number of benzene rings is 1. The van der Waals surface area contributed by atoms with Crippen molar-refractivity contribution in [2.75, 3.05) is 14.2 Å². The van der Waals surface area contributed by atoms with Crippen molar-refractivity contribution in [1.29, 1.82) is 0 Å². The average Bonchev–Trinajstić information content (AvgIpc) is 2.37. The summed E-state index contributed by atoms with van der Waals surface area (Å²) in [7, 11) is 3.35. The minimum Gasteiger partial charge on any atom is -0.497 e. The molecule has 0 aliphatic heterocycles. The van der Waals surface area contributed by atoms with Crippen LogP contribution in [-0.4, -0.2) is 14.2 Å². The average molecular weight is 245 g/mol. The summed E-state index contributed by atoms with van der Waals surface area (Å²) in [4.78, 5) is 0. The maximum atomic E-state index is 5.95. The molecule has 1 aliphatic rings. The summed E-state index contributed by atoms with van der Waals surface area (Å²) >= 11 is 0. The van der Waals surface area contributed by atoms with Crippen molar-refractivity contribution in [1.82, 2.24) is 0 Å². The van der Waals surface area contributed by atoms with Gasteiger partial charge in [0.1, 0.15) is 11.5 Å². The van der Waals surface area contributed by atoms with Crippen LogP contribution in [-0.2, 0) is 5.41 Å². The maximum absolute atomic E-state index is 5.95. The number of rotatable bonds is 3. The first-order valence-electron chi connectivity index (χ1n) is 5.95. The van der Waals surface area contributed by atoms with Gasteiger partial charge in [0, 0.05) is 16.7 Å². The van der Waals surface area contributed by atoms with Gasteiger partial charge in [-0.05, 0) is 30.7 Å². The molecule has 1 aromatic rings. The van der Waals surface area contributed by atoms with Crippen molar-refractivity contribution in [2.24, 2.45) is 5.73 Å². The van der Waals surface area contributed by atoms with Gasteiger partial charge in [0.15, 0.2) is 0 Å². The van der Waals surface area contributed by atoms with E-state index in [1.807, 2.05) is 30.4 Å². The van der Waals surface area contributed by atoms with Crippen LogP contribution in [0.2, 0.25) is 0 Å². The molecule has 0 amide bonds. The fourth-order valence-corrected chi connectivity index (χ4v) is 2.37. The Morgan fingerprint density at radius 1 is 1.22 bits per heavy atom. The summed E-state index contributed by atoms with van der Waals surface area (Å²) in [5, 5.41) is 0. The van der Waals surface area contributed by atoms with E-state index in [1.165, 1.54) is 0 Å². The Hall–Kier alpha value is -1.90. The van der Waals surface area contributed by atoms with Crippen molar-refractivity contribution in [3.63, 3.8) is 0 Å². The van der Waals surface area contributed by atoms with Crippen molar-refractivity contribution in [3.8, 4) is 11.5 Å². The second-order valence-electron chi connectivity index (χ2n) is 4.76.